The smallest absolute Gasteiger partial charge is 0.118 e. The van der Waals surface area contributed by atoms with Crippen molar-refractivity contribution in [3.63, 3.8) is 0 Å². The van der Waals surface area contributed by atoms with E-state index in [1.807, 2.05) is 18.2 Å². The van der Waals surface area contributed by atoms with Gasteiger partial charge in [-0.3, -0.25) is 0 Å². The lowest BCUT2D eigenvalue weighted by molar-refractivity contribution is 0.460. The van der Waals surface area contributed by atoms with Crippen LogP contribution >= 0.6 is 0 Å². The first-order valence-electron chi connectivity index (χ1n) is 8.88. The largest absolute Gasteiger partial charge is 0.508 e. The molecule has 3 nitrogen and oxygen atoms in total. The number of hydrogen-bond donors (Lipinski definition) is 3. The van der Waals surface area contributed by atoms with E-state index >= 15 is 0 Å². The van der Waals surface area contributed by atoms with Gasteiger partial charge in [0.2, 0.25) is 0 Å². The first kappa shape index (κ1) is 19.9. The van der Waals surface area contributed by atoms with E-state index in [0.29, 0.717) is 5.75 Å². The summed E-state index contributed by atoms with van der Waals surface area (Å²) in [5, 5.41) is 26.9. The molecule has 0 unspecified atom stereocenters. The predicted octanol–water partition coefficient (Wildman–Crippen LogP) is 5.78. The zero-order valence-electron chi connectivity index (χ0n) is 14.6. The Kier molecular flexibility index (Phi) is 10.2. The van der Waals surface area contributed by atoms with E-state index in [0.717, 1.165) is 12.0 Å². The van der Waals surface area contributed by atoms with Gasteiger partial charge in [-0.05, 0) is 48.7 Å². The highest BCUT2D eigenvalue weighted by atomic mass is 16.3. The summed E-state index contributed by atoms with van der Waals surface area (Å²) in [6, 6.07) is 13.4. The maximum atomic E-state index is 9.58. The molecular formula is C21H30O3. The zero-order valence-corrected chi connectivity index (χ0v) is 14.6. The zero-order chi connectivity index (χ0) is 17.6. The summed E-state index contributed by atoms with van der Waals surface area (Å²) in [4.78, 5) is 0. The van der Waals surface area contributed by atoms with Gasteiger partial charge in [0.05, 0.1) is 0 Å². The van der Waals surface area contributed by atoms with Crippen LogP contribution in [0.3, 0.4) is 0 Å². The molecule has 132 valence electrons. The highest BCUT2D eigenvalue weighted by Crippen LogP contribution is 2.18. The van der Waals surface area contributed by atoms with E-state index in [2.05, 4.69) is 6.92 Å². The maximum Gasteiger partial charge on any atom is 0.118 e. The quantitative estimate of drug-likeness (QED) is 0.424. The number of unbranched alkanes of at least 4 members (excludes halogenated alkanes) is 6. The molecule has 2 rings (SSSR count). The van der Waals surface area contributed by atoms with Crippen LogP contribution in [0.15, 0.2) is 48.5 Å². The lowest BCUT2D eigenvalue weighted by Crippen LogP contribution is -1.87. The van der Waals surface area contributed by atoms with Crippen LogP contribution in [0.2, 0.25) is 0 Å². The standard InChI is InChI=1S/C15H24O.C6H6O2/c1-2-3-4-5-6-7-8-11-14-12-9-10-13-15(14)16;7-5-1-2-6(8)4-3-5/h9-10,12-13,16H,2-8,11H2,1H3;1-4,7-8H. The number of para-hydroxylation sites is 1. The molecule has 0 aliphatic carbocycles. The van der Waals surface area contributed by atoms with Crippen LogP contribution in [0, 0.1) is 0 Å². The fraction of sp³-hybridized carbons (Fsp3) is 0.429. The molecule has 0 amide bonds. The summed E-state index contributed by atoms with van der Waals surface area (Å²) in [6.45, 7) is 2.25. The van der Waals surface area contributed by atoms with E-state index in [9.17, 15) is 5.11 Å². The average molecular weight is 330 g/mol. The Bertz CT molecular complexity index is 528. The molecule has 0 spiro atoms. The molecule has 0 heterocycles. The SMILES string of the molecule is CCCCCCCCCc1ccccc1O.Oc1ccc(O)cc1. The van der Waals surface area contributed by atoms with Crippen LogP contribution in [0.4, 0.5) is 0 Å². The Hall–Kier alpha value is -2.16. The molecule has 0 radical (unpaired) electrons. The van der Waals surface area contributed by atoms with E-state index in [-0.39, 0.29) is 11.5 Å². The third-order valence-corrected chi connectivity index (χ3v) is 3.89. The molecule has 2 aromatic rings. The highest BCUT2D eigenvalue weighted by Gasteiger charge is 1.98. The topological polar surface area (TPSA) is 60.7 Å². The first-order valence-corrected chi connectivity index (χ1v) is 8.88. The fourth-order valence-electron chi connectivity index (χ4n) is 2.45. The summed E-state index contributed by atoms with van der Waals surface area (Å²) in [5.41, 5.74) is 1.09. The number of benzene rings is 2. The van der Waals surface area contributed by atoms with Gasteiger partial charge in [0.15, 0.2) is 0 Å². The second-order valence-electron chi connectivity index (χ2n) is 6.02. The minimum Gasteiger partial charge on any atom is -0.508 e. The van der Waals surface area contributed by atoms with Crippen molar-refractivity contribution < 1.29 is 15.3 Å². The molecule has 0 aromatic heterocycles. The molecule has 0 aliphatic rings. The Labute approximate surface area is 145 Å². The van der Waals surface area contributed by atoms with Gasteiger partial charge in [-0.15, -0.1) is 0 Å². The second kappa shape index (κ2) is 12.3. The van der Waals surface area contributed by atoms with E-state index < -0.39 is 0 Å². The number of aryl methyl sites for hydroxylation is 1. The van der Waals surface area contributed by atoms with E-state index in [1.54, 1.807) is 6.07 Å². The highest BCUT2D eigenvalue weighted by molar-refractivity contribution is 5.31. The average Bonchev–Trinajstić information content (AvgIpc) is 2.59. The molecule has 24 heavy (non-hydrogen) atoms. The van der Waals surface area contributed by atoms with Gasteiger partial charge in [-0.1, -0.05) is 63.6 Å². The summed E-state index contributed by atoms with van der Waals surface area (Å²) in [6.07, 6.45) is 10.3. The summed E-state index contributed by atoms with van der Waals surface area (Å²) in [7, 11) is 0. The molecule has 0 aliphatic heterocycles. The van der Waals surface area contributed by atoms with Crippen molar-refractivity contribution in [1.82, 2.24) is 0 Å². The van der Waals surface area contributed by atoms with Crippen LogP contribution in [-0.4, -0.2) is 15.3 Å². The van der Waals surface area contributed by atoms with Crippen molar-refractivity contribution >= 4 is 0 Å². The Morgan fingerprint density at radius 2 is 1.12 bits per heavy atom. The number of aromatic hydroxyl groups is 3. The summed E-state index contributed by atoms with van der Waals surface area (Å²) in [5.74, 6) is 0.791. The normalized spacial score (nSPS) is 10.0. The van der Waals surface area contributed by atoms with Crippen molar-refractivity contribution in [1.29, 1.82) is 0 Å². The molecular weight excluding hydrogens is 300 g/mol. The molecule has 0 bridgehead atoms. The Morgan fingerprint density at radius 3 is 1.67 bits per heavy atom. The van der Waals surface area contributed by atoms with Crippen LogP contribution in [-0.2, 0) is 6.42 Å². The molecule has 0 saturated heterocycles. The van der Waals surface area contributed by atoms with Gasteiger partial charge in [-0.2, -0.15) is 0 Å². The second-order valence-corrected chi connectivity index (χ2v) is 6.02. The van der Waals surface area contributed by atoms with Crippen molar-refractivity contribution in [3.8, 4) is 17.2 Å². The molecule has 0 fully saturated rings. The number of phenols is 3. The van der Waals surface area contributed by atoms with Gasteiger partial charge < -0.3 is 15.3 Å². The van der Waals surface area contributed by atoms with E-state index in [1.165, 1.54) is 69.2 Å². The van der Waals surface area contributed by atoms with Crippen LogP contribution in [0.5, 0.6) is 17.2 Å². The Morgan fingerprint density at radius 1 is 0.625 bits per heavy atom. The van der Waals surface area contributed by atoms with E-state index in [4.69, 9.17) is 10.2 Å². The third-order valence-electron chi connectivity index (χ3n) is 3.89. The summed E-state index contributed by atoms with van der Waals surface area (Å²) >= 11 is 0. The lowest BCUT2D eigenvalue weighted by Gasteiger charge is -2.04. The predicted molar refractivity (Wildman–Crippen MR) is 99.6 cm³/mol. The van der Waals surface area contributed by atoms with Crippen LogP contribution < -0.4 is 0 Å². The minimum absolute atomic E-state index is 0.169. The molecule has 0 atom stereocenters. The van der Waals surface area contributed by atoms with Crippen LogP contribution in [0.25, 0.3) is 0 Å². The number of hydrogen-bond acceptors (Lipinski definition) is 3. The molecule has 0 saturated carbocycles. The monoisotopic (exact) mass is 330 g/mol. The van der Waals surface area contributed by atoms with Gasteiger partial charge in [-0.25, -0.2) is 0 Å². The Balaban J connectivity index is 0.000000300. The van der Waals surface area contributed by atoms with Crippen molar-refractivity contribution in [2.24, 2.45) is 0 Å². The van der Waals surface area contributed by atoms with Gasteiger partial charge in [0, 0.05) is 0 Å². The van der Waals surface area contributed by atoms with Crippen molar-refractivity contribution in [3.05, 3.63) is 54.1 Å². The van der Waals surface area contributed by atoms with Crippen molar-refractivity contribution in [2.45, 2.75) is 58.3 Å². The molecule has 3 N–H and O–H groups in total. The van der Waals surface area contributed by atoms with Crippen LogP contribution in [0.1, 0.15) is 57.4 Å². The lowest BCUT2D eigenvalue weighted by atomic mass is 10.0. The number of phenolic OH excluding ortho intramolecular Hbond substituents is 3. The molecule has 2 aromatic carbocycles. The van der Waals surface area contributed by atoms with Gasteiger partial charge >= 0.3 is 0 Å². The third kappa shape index (κ3) is 9.09. The fourth-order valence-corrected chi connectivity index (χ4v) is 2.45. The first-order chi connectivity index (χ1) is 11.6. The molecule has 3 heteroatoms. The minimum atomic E-state index is 0.169. The summed E-state index contributed by atoms with van der Waals surface area (Å²) < 4.78 is 0. The maximum absolute atomic E-state index is 9.58. The van der Waals surface area contributed by atoms with Gasteiger partial charge in [0.1, 0.15) is 17.2 Å². The van der Waals surface area contributed by atoms with Gasteiger partial charge in [0.25, 0.3) is 0 Å². The number of rotatable bonds is 8. The van der Waals surface area contributed by atoms with Crippen molar-refractivity contribution in [2.75, 3.05) is 0 Å².